The van der Waals surface area contributed by atoms with Gasteiger partial charge in [0, 0.05) is 13.2 Å². The highest BCUT2D eigenvalue weighted by atomic mass is 16.5. The maximum Gasteiger partial charge on any atom is 0.240 e. The van der Waals surface area contributed by atoms with Gasteiger partial charge in [-0.3, -0.25) is 9.69 Å². The second kappa shape index (κ2) is 7.78. The molecule has 2 aliphatic heterocycles. The third-order valence-electron chi connectivity index (χ3n) is 5.87. The molecule has 1 amide bonds. The van der Waals surface area contributed by atoms with Crippen LogP contribution < -0.4 is 5.32 Å². The van der Waals surface area contributed by atoms with E-state index in [0.717, 1.165) is 52.1 Å². The fourth-order valence-corrected chi connectivity index (χ4v) is 4.52. The van der Waals surface area contributed by atoms with Crippen LogP contribution in [0.2, 0.25) is 0 Å². The van der Waals surface area contributed by atoms with E-state index in [1.165, 1.54) is 44.9 Å². The number of likely N-dealkylation sites (tertiary alicyclic amines) is 1. The van der Waals surface area contributed by atoms with Gasteiger partial charge in [0.2, 0.25) is 5.91 Å². The number of hydrogen-bond donors (Lipinski definition) is 1. The van der Waals surface area contributed by atoms with E-state index in [-0.39, 0.29) is 5.54 Å². The summed E-state index contributed by atoms with van der Waals surface area (Å²) in [6.07, 6.45) is 12.0. The Bertz CT molecular complexity index is 354. The molecule has 126 valence electrons. The van der Waals surface area contributed by atoms with Gasteiger partial charge in [-0.1, -0.05) is 25.7 Å². The second-order valence-electron chi connectivity index (χ2n) is 7.43. The lowest BCUT2D eigenvalue weighted by Gasteiger charge is -2.47. The maximum atomic E-state index is 13.1. The van der Waals surface area contributed by atoms with Crippen molar-refractivity contribution in [3.63, 3.8) is 0 Å². The van der Waals surface area contributed by atoms with E-state index in [1.807, 2.05) is 0 Å². The first-order valence-electron chi connectivity index (χ1n) is 9.42. The van der Waals surface area contributed by atoms with Gasteiger partial charge >= 0.3 is 0 Å². The monoisotopic (exact) mass is 308 g/mol. The van der Waals surface area contributed by atoms with E-state index in [2.05, 4.69) is 10.2 Å². The van der Waals surface area contributed by atoms with Gasteiger partial charge < -0.3 is 10.1 Å². The van der Waals surface area contributed by atoms with Gasteiger partial charge in [0.05, 0.1) is 6.61 Å². The summed E-state index contributed by atoms with van der Waals surface area (Å²) >= 11 is 0. The molecular formula is C18H32N2O2. The summed E-state index contributed by atoms with van der Waals surface area (Å²) in [6, 6.07) is 0. The molecule has 1 unspecified atom stereocenters. The fourth-order valence-electron chi connectivity index (χ4n) is 4.52. The molecular weight excluding hydrogens is 276 g/mol. The zero-order valence-electron chi connectivity index (χ0n) is 13.9. The number of ether oxygens (including phenoxy) is 1. The summed E-state index contributed by atoms with van der Waals surface area (Å²) in [6.45, 7) is 4.73. The van der Waals surface area contributed by atoms with Crippen molar-refractivity contribution in [3.8, 4) is 0 Å². The lowest BCUT2D eigenvalue weighted by Crippen LogP contribution is -2.61. The number of carbonyl (C=O) groups excluding carboxylic acids is 1. The average molecular weight is 308 g/mol. The smallest absolute Gasteiger partial charge is 0.240 e. The van der Waals surface area contributed by atoms with E-state index in [1.54, 1.807) is 0 Å². The van der Waals surface area contributed by atoms with Gasteiger partial charge in [-0.05, 0) is 57.5 Å². The molecule has 22 heavy (non-hydrogen) atoms. The summed E-state index contributed by atoms with van der Waals surface area (Å²) in [5.74, 6) is 0.819. The quantitative estimate of drug-likeness (QED) is 0.868. The number of nitrogens with one attached hydrogen (secondary N) is 1. The van der Waals surface area contributed by atoms with Crippen molar-refractivity contribution in [1.29, 1.82) is 0 Å². The Morgan fingerprint density at radius 2 is 1.77 bits per heavy atom. The van der Waals surface area contributed by atoms with Crippen LogP contribution in [0.1, 0.15) is 64.2 Å². The van der Waals surface area contributed by atoms with Crippen LogP contribution >= 0.6 is 0 Å². The Morgan fingerprint density at radius 3 is 2.45 bits per heavy atom. The highest BCUT2D eigenvalue weighted by Gasteiger charge is 2.44. The van der Waals surface area contributed by atoms with Crippen LogP contribution in [0.4, 0.5) is 0 Å². The highest BCUT2D eigenvalue weighted by Crippen LogP contribution is 2.36. The van der Waals surface area contributed by atoms with E-state index in [9.17, 15) is 4.79 Å². The SMILES string of the molecule is O=C(NCC1CCCOC1)C1(N2CCCCC2)CCCCC1. The second-order valence-corrected chi connectivity index (χ2v) is 7.43. The van der Waals surface area contributed by atoms with Gasteiger partial charge in [0.1, 0.15) is 5.54 Å². The van der Waals surface area contributed by atoms with Crippen LogP contribution in [-0.2, 0) is 9.53 Å². The lowest BCUT2D eigenvalue weighted by molar-refractivity contribution is -0.137. The molecule has 0 aromatic carbocycles. The van der Waals surface area contributed by atoms with Crippen LogP contribution in [0.15, 0.2) is 0 Å². The Labute approximate surface area is 135 Å². The summed E-state index contributed by atoms with van der Waals surface area (Å²) in [5.41, 5.74) is -0.200. The molecule has 4 nitrogen and oxygen atoms in total. The van der Waals surface area contributed by atoms with Gasteiger partial charge in [-0.25, -0.2) is 0 Å². The molecule has 0 aromatic heterocycles. The van der Waals surface area contributed by atoms with Crippen molar-refractivity contribution in [2.24, 2.45) is 5.92 Å². The molecule has 4 heteroatoms. The first-order chi connectivity index (χ1) is 10.8. The number of amides is 1. The molecule has 2 heterocycles. The number of hydrogen-bond acceptors (Lipinski definition) is 3. The van der Waals surface area contributed by atoms with Crippen LogP contribution in [0.3, 0.4) is 0 Å². The van der Waals surface area contributed by atoms with E-state index in [4.69, 9.17) is 4.74 Å². The number of piperidine rings is 1. The zero-order chi connectivity index (χ0) is 15.3. The lowest BCUT2D eigenvalue weighted by atomic mass is 9.78. The largest absolute Gasteiger partial charge is 0.381 e. The molecule has 1 N–H and O–H groups in total. The molecule has 3 aliphatic rings. The van der Waals surface area contributed by atoms with Gasteiger partial charge in [0.25, 0.3) is 0 Å². The molecule has 2 saturated heterocycles. The number of nitrogens with zero attached hydrogens (tertiary/aromatic N) is 1. The molecule has 1 saturated carbocycles. The Balaban J connectivity index is 1.61. The fraction of sp³-hybridized carbons (Fsp3) is 0.944. The first-order valence-corrected chi connectivity index (χ1v) is 9.42. The summed E-state index contributed by atoms with van der Waals surface area (Å²) in [5, 5.41) is 3.30. The van der Waals surface area contributed by atoms with Crippen molar-refractivity contribution >= 4 is 5.91 Å². The van der Waals surface area contributed by atoms with E-state index >= 15 is 0 Å². The predicted octanol–water partition coefficient (Wildman–Crippen LogP) is 2.72. The standard InChI is InChI=1S/C18H32N2O2/c21-17(19-14-16-8-7-13-22-15-16)18(9-3-1-4-10-18)20-11-5-2-6-12-20/h16H,1-15H2,(H,19,21). The molecule has 3 fully saturated rings. The minimum Gasteiger partial charge on any atom is -0.381 e. The number of rotatable bonds is 4. The Hall–Kier alpha value is -0.610. The van der Waals surface area contributed by atoms with Crippen molar-refractivity contribution in [2.75, 3.05) is 32.8 Å². The van der Waals surface area contributed by atoms with Gasteiger partial charge in [0.15, 0.2) is 0 Å². The highest BCUT2D eigenvalue weighted by molar-refractivity contribution is 5.86. The number of carbonyl (C=O) groups is 1. The van der Waals surface area contributed by atoms with Gasteiger partial charge in [-0.2, -0.15) is 0 Å². The zero-order valence-corrected chi connectivity index (χ0v) is 13.9. The van der Waals surface area contributed by atoms with Crippen molar-refractivity contribution in [3.05, 3.63) is 0 Å². The maximum absolute atomic E-state index is 13.1. The molecule has 0 spiro atoms. The normalized spacial score (nSPS) is 29.9. The molecule has 3 rings (SSSR count). The third kappa shape index (κ3) is 3.65. The molecule has 1 atom stereocenters. The van der Waals surface area contributed by atoms with Crippen molar-refractivity contribution in [2.45, 2.75) is 69.7 Å². The summed E-state index contributed by atoms with van der Waals surface area (Å²) < 4.78 is 5.54. The summed E-state index contributed by atoms with van der Waals surface area (Å²) in [7, 11) is 0. The molecule has 0 radical (unpaired) electrons. The molecule has 1 aliphatic carbocycles. The van der Waals surface area contributed by atoms with E-state index < -0.39 is 0 Å². The predicted molar refractivity (Wildman–Crippen MR) is 87.8 cm³/mol. The third-order valence-corrected chi connectivity index (χ3v) is 5.87. The van der Waals surface area contributed by atoms with Crippen molar-refractivity contribution < 1.29 is 9.53 Å². The van der Waals surface area contributed by atoms with Gasteiger partial charge in [-0.15, -0.1) is 0 Å². The minimum absolute atomic E-state index is 0.200. The minimum atomic E-state index is -0.200. The first kappa shape index (κ1) is 16.3. The summed E-state index contributed by atoms with van der Waals surface area (Å²) in [4.78, 5) is 15.6. The van der Waals surface area contributed by atoms with Crippen molar-refractivity contribution in [1.82, 2.24) is 10.2 Å². The average Bonchev–Trinajstić information content (AvgIpc) is 2.62. The van der Waals surface area contributed by atoms with Crippen LogP contribution in [0.5, 0.6) is 0 Å². The van der Waals surface area contributed by atoms with Crippen LogP contribution in [-0.4, -0.2) is 49.2 Å². The topological polar surface area (TPSA) is 41.6 Å². The molecule has 0 aromatic rings. The molecule has 0 bridgehead atoms. The van der Waals surface area contributed by atoms with Crippen LogP contribution in [0, 0.1) is 5.92 Å². The van der Waals surface area contributed by atoms with Crippen LogP contribution in [0.25, 0.3) is 0 Å². The Morgan fingerprint density at radius 1 is 1.05 bits per heavy atom. The van der Waals surface area contributed by atoms with E-state index in [0.29, 0.717) is 11.8 Å². The Kier molecular flexibility index (Phi) is 5.75.